The van der Waals surface area contributed by atoms with E-state index in [4.69, 9.17) is 0 Å². The Morgan fingerprint density at radius 1 is 0.442 bits per heavy atom. The summed E-state index contributed by atoms with van der Waals surface area (Å²) in [7, 11) is 2.20. The molecule has 0 N–H and O–H groups in total. The van der Waals surface area contributed by atoms with Crippen LogP contribution in [0.1, 0.15) is 25.0 Å². The van der Waals surface area contributed by atoms with Crippen LogP contribution < -0.4 is 20.6 Å². The Morgan fingerprint density at radius 2 is 0.860 bits per heavy atom. The summed E-state index contributed by atoms with van der Waals surface area (Å²) in [4.78, 5) is 4.98. The first-order chi connectivity index (χ1) is 21.0. The van der Waals surface area contributed by atoms with Crippen molar-refractivity contribution in [1.29, 1.82) is 0 Å². The van der Waals surface area contributed by atoms with Gasteiger partial charge in [-0.25, -0.2) is 0 Å². The zero-order valence-electron chi connectivity index (χ0n) is 24.8. The molecule has 2 aliphatic heterocycles. The molecule has 6 aromatic rings. The molecular weight excluding hydrogens is 519 g/mol. The molecule has 0 aliphatic carbocycles. The van der Waals surface area contributed by atoms with Gasteiger partial charge >= 0.3 is 6.85 Å². The fraction of sp³-hybridized carbons (Fsp3) is 0.100. The van der Waals surface area contributed by atoms with Gasteiger partial charge in [0.05, 0.1) is 22.7 Å². The number of hydrogen-bond acceptors (Lipinski definition) is 2. The number of hydrogen-bond donors (Lipinski definition) is 0. The van der Waals surface area contributed by atoms with Crippen LogP contribution in [-0.4, -0.2) is 13.9 Å². The van der Waals surface area contributed by atoms with Gasteiger partial charge in [0.25, 0.3) is 0 Å². The summed E-state index contributed by atoms with van der Waals surface area (Å²) < 4.78 is 0. The predicted molar refractivity (Wildman–Crippen MR) is 184 cm³/mol. The topological polar surface area (TPSA) is 6.48 Å². The van der Waals surface area contributed by atoms with Gasteiger partial charge in [0, 0.05) is 12.5 Å². The highest BCUT2D eigenvalue weighted by atomic mass is 15.2. The number of fused-ring (bicyclic) bond motifs is 4. The minimum atomic E-state index is -0.0975. The molecule has 3 heteroatoms. The van der Waals surface area contributed by atoms with Gasteiger partial charge in [0.15, 0.2) is 0 Å². The lowest BCUT2D eigenvalue weighted by molar-refractivity contribution is 0.645. The highest BCUT2D eigenvalue weighted by molar-refractivity contribution is 6.90. The van der Waals surface area contributed by atoms with Gasteiger partial charge in [-0.3, -0.25) is 0 Å². The Morgan fingerprint density at radius 3 is 1.33 bits per heavy atom. The fourth-order valence-corrected chi connectivity index (χ4v) is 7.36. The monoisotopic (exact) mass is 552 g/mol. The Labute approximate surface area is 255 Å². The maximum Gasteiger partial charge on any atom is 0.328 e. The minimum Gasteiger partial charge on any atom is -0.374 e. The summed E-state index contributed by atoms with van der Waals surface area (Å²) in [6, 6.07) is 53.5. The lowest BCUT2D eigenvalue weighted by Gasteiger charge is -2.46. The van der Waals surface area contributed by atoms with Gasteiger partial charge in [0.1, 0.15) is 0 Å². The van der Waals surface area contributed by atoms with E-state index in [0.29, 0.717) is 0 Å². The molecule has 0 saturated heterocycles. The first-order valence-corrected chi connectivity index (χ1v) is 15.1. The SMILES string of the molecule is CN1c2ccc(-c3ccccc3)cc2N(B2c3ccccc3C(C)(C)c3ccccc32)c2cc(-c3ccccc3)ccc21. The third kappa shape index (κ3) is 3.95. The van der Waals surface area contributed by atoms with Gasteiger partial charge in [-0.15, -0.1) is 0 Å². The van der Waals surface area contributed by atoms with Crippen molar-refractivity contribution in [3.8, 4) is 22.3 Å². The summed E-state index contributed by atoms with van der Waals surface area (Å²) in [5.41, 5.74) is 15.1. The predicted octanol–water partition coefficient (Wildman–Crippen LogP) is 8.69. The molecule has 0 aromatic heterocycles. The largest absolute Gasteiger partial charge is 0.374 e. The first kappa shape index (κ1) is 25.7. The molecule has 0 bridgehead atoms. The van der Waals surface area contributed by atoms with Crippen molar-refractivity contribution in [3.63, 3.8) is 0 Å². The lowest BCUT2D eigenvalue weighted by atomic mass is 9.40. The number of anilines is 4. The van der Waals surface area contributed by atoms with E-state index in [9.17, 15) is 0 Å². The highest BCUT2D eigenvalue weighted by Crippen LogP contribution is 2.50. The van der Waals surface area contributed by atoms with Crippen LogP contribution in [0, 0.1) is 0 Å². The van der Waals surface area contributed by atoms with Crippen molar-refractivity contribution >= 4 is 40.5 Å². The second-order valence-corrected chi connectivity index (χ2v) is 12.3. The molecule has 0 saturated carbocycles. The average Bonchev–Trinajstić information content (AvgIpc) is 3.06. The van der Waals surface area contributed by atoms with E-state index in [1.807, 2.05) is 0 Å². The number of nitrogens with zero attached hydrogens (tertiary/aromatic N) is 2. The Bertz CT molecular complexity index is 1840. The molecule has 43 heavy (non-hydrogen) atoms. The Balaban J connectivity index is 1.44. The van der Waals surface area contributed by atoms with Crippen molar-refractivity contribution in [1.82, 2.24) is 0 Å². The molecule has 0 spiro atoms. The van der Waals surface area contributed by atoms with E-state index in [0.717, 1.165) is 0 Å². The summed E-state index contributed by atoms with van der Waals surface area (Å²) in [5, 5.41) is 0. The van der Waals surface area contributed by atoms with Gasteiger partial charge in [-0.2, -0.15) is 0 Å². The van der Waals surface area contributed by atoms with Crippen molar-refractivity contribution in [2.75, 3.05) is 16.8 Å². The van der Waals surface area contributed by atoms with Crippen molar-refractivity contribution < 1.29 is 0 Å². The smallest absolute Gasteiger partial charge is 0.328 e. The van der Waals surface area contributed by atoms with Crippen LogP contribution in [0.25, 0.3) is 22.3 Å². The summed E-state index contributed by atoms with van der Waals surface area (Å²) >= 11 is 0. The maximum atomic E-state index is 2.62. The quantitative estimate of drug-likeness (QED) is 0.203. The average molecular weight is 553 g/mol. The summed E-state index contributed by atoms with van der Waals surface area (Å²) in [6.07, 6.45) is 0. The molecule has 2 nitrogen and oxygen atoms in total. The summed E-state index contributed by atoms with van der Waals surface area (Å²) in [6.45, 7) is 4.75. The molecule has 6 aromatic carbocycles. The van der Waals surface area contributed by atoms with Crippen LogP contribution >= 0.6 is 0 Å². The van der Waals surface area contributed by atoms with Gasteiger partial charge in [-0.1, -0.05) is 135 Å². The first-order valence-electron chi connectivity index (χ1n) is 15.1. The molecule has 2 aliphatic rings. The zero-order chi connectivity index (χ0) is 29.1. The molecule has 0 radical (unpaired) electrons. The third-order valence-electron chi connectivity index (χ3n) is 9.52. The van der Waals surface area contributed by atoms with E-state index >= 15 is 0 Å². The summed E-state index contributed by atoms with van der Waals surface area (Å²) in [5.74, 6) is 0. The van der Waals surface area contributed by atoms with E-state index in [2.05, 4.69) is 176 Å². The number of rotatable bonds is 3. The van der Waals surface area contributed by atoms with E-state index in [1.54, 1.807) is 0 Å². The van der Waals surface area contributed by atoms with Gasteiger partial charge in [0.2, 0.25) is 0 Å². The Kier molecular flexibility index (Phi) is 5.84. The van der Waals surface area contributed by atoms with Crippen LogP contribution in [0.15, 0.2) is 146 Å². The maximum absolute atomic E-state index is 2.62. The minimum absolute atomic E-state index is 0.0173. The second kappa shape index (κ2) is 9.78. The molecule has 2 heterocycles. The van der Waals surface area contributed by atoms with Crippen LogP contribution in [0.2, 0.25) is 0 Å². The van der Waals surface area contributed by atoms with Crippen molar-refractivity contribution in [2.24, 2.45) is 0 Å². The zero-order valence-corrected chi connectivity index (χ0v) is 24.8. The standard InChI is InChI=1S/C40H33BN2/c1-40(2)32-18-10-12-20-34(32)41(35-21-13-11-19-33(35)40)43-38-26-30(28-14-6-4-7-15-28)22-24-36(38)42(3)37-25-23-31(27-39(37)43)29-16-8-5-9-17-29/h4-27H,1-3H3. The second-order valence-electron chi connectivity index (χ2n) is 12.3. The van der Waals surface area contributed by atoms with Crippen LogP contribution in [0.5, 0.6) is 0 Å². The normalized spacial score (nSPS) is 14.4. The molecule has 0 atom stereocenters. The van der Waals surface area contributed by atoms with Crippen LogP contribution in [0.4, 0.5) is 22.7 Å². The van der Waals surface area contributed by atoms with Gasteiger partial charge in [-0.05, 0) is 68.6 Å². The molecule has 8 rings (SSSR count). The van der Waals surface area contributed by atoms with E-state index in [1.165, 1.54) is 67.1 Å². The fourth-order valence-electron chi connectivity index (χ4n) is 7.36. The van der Waals surface area contributed by atoms with Crippen LogP contribution in [0.3, 0.4) is 0 Å². The lowest BCUT2D eigenvalue weighted by Crippen LogP contribution is -2.62. The molecule has 0 amide bonds. The molecule has 0 fully saturated rings. The molecular formula is C40H33BN2. The van der Waals surface area contributed by atoms with Crippen molar-refractivity contribution in [3.05, 3.63) is 157 Å². The Hall–Kier alpha value is -5.02. The van der Waals surface area contributed by atoms with Crippen molar-refractivity contribution in [2.45, 2.75) is 19.3 Å². The van der Waals surface area contributed by atoms with Gasteiger partial charge < -0.3 is 9.71 Å². The molecule has 0 unspecified atom stereocenters. The third-order valence-corrected chi connectivity index (χ3v) is 9.52. The highest BCUT2D eigenvalue weighted by Gasteiger charge is 2.45. The number of benzene rings is 6. The van der Waals surface area contributed by atoms with E-state index < -0.39 is 0 Å². The van der Waals surface area contributed by atoms with Crippen LogP contribution in [-0.2, 0) is 5.41 Å². The van der Waals surface area contributed by atoms with E-state index in [-0.39, 0.29) is 12.3 Å². The molecule has 206 valence electrons.